The lowest BCUT2D eigenvalue weighted by molar-refractivity contribution is -0.274. The van der Waals surface area contributed by atoms with Gasteiger partial charge in [-0.3, -0.25) is 16.1 Å². The molecule has 11 heteroatoms. The van der Waals surface area contributed by atoms with E-state index in [2.05, 4.69) is 15.4 Å². The highest BCUT2D eigenvalue weighted by Gasteiger charge is 2.31. The van der Waals surface area contributed by atoms with Crippen molar-refractivity contribution in [3.8, 4) is 5.75 Å². The number of ether oxygens (including phenoxy) is 1. The number of piperidine rings is 1. The zero-order chi connectivity index (χ0) is 17.7. The van der Waals surface area contributed by atoms with Crippen molar-refractivity contribution in [3.63, 3.8) is 0 Å². The highest BCUT2D eigenvalue weighted by molar-refractivity contribution is 6.31. The summed E-state index contributed by atoms with van der Waals surface area (Å²) in [6.07, 6.45) is -1.75. The molecule has 0 saturated carbocycles. The van der Waals surface area contributed by atoms with Crippen molar-refractivity contribution in [2.75, 3.05) is 18.4 Å². The van der Waals surface area contributed by atoms with Gasteiger partial charge in [0.05, 0.1) is 0 Å². The first-order valence-corrected chi connectivity index (χ1v) is 7.63. The van der Waals surface area contributed by atoms with Crippen LogP contribution in [0, 0.1) is 10.8 Å². The van der Waals surface area contributed by atoms with E-state index in [1.807, 2.05) is 0 Å². The van der Waals surface area contributed by atoms with Crippen LogP contribution in [0.1, 0.15) is 19.3 Å². The van der Waals surface area contributed by atoms with Crippen LogP contribution in [0.3, 0.4) is 0 Å². The highest BCUT2D eigenvalue weighted by atomic mass is 35.5. The first-order valence-electron chi connectivity index (χ1n) is 7.25. The summed E-state index contributed by atoms with van der Waals surface area (Å²) in [5.41, 5.74) is 0.144. The van der Waals surface area contributed by atoms with E-state index >= 15 is 0 Å². The van der Waals surface area contributed by atoms with E-state index in [1.54, 1.807) is 4.90 Å². The maximum Gasteiger partial charge on any atom is 0.573 e. The van der Waals surface area contributed by atoms with Crippen molar-refractivity contribution in [1.82, 2.24) is 10.2 Å². The molecule has 140 valence electrons. The van der Waals surface area contributed by atoms with Gasteiger partial charge < -0.3 is 15.0 Å². The van der Waals surface area contributed by atoms with Gasteiger partial charge in [-0.1, -0.05) is 11.6 Å². The van der Waals surface area contributed by atoms with E-state index in [0.717, 1.165) is 44.5 Å². The molecular formula is C14H18Cl2F3N5O. The molecule has 1 aromatic rings. The van der Waals surface area contributed by atoms with Gasteiger partial charge in [0.15, 0.2) is 11.9 Å². The minimum Gasteiger partial charge on any atom is -0.406 e. The number of benzene rings is 1. The number of guanidine groups is 2. The second-order valence-electron chi connectivity index (χ2n) is 5.24. The molecule has 0 amide bonds. The first-order chi connectivity index (χ1) is 11.2. The van der Waals surface area contributed by atoms with E-state index in [-0.39, 0.29) is 35.0 Å². The number of nitrogens with one attached hydrogen (secondary N) is 4. The summed E-state index contributed by atoms with van der Waals surface area (Å²) in [6, 6.07) is 3.44. The molecule has 1 aliphatic rings. The number of halogens is 5. The molecular weight excluding hydrogens is 382 g/mol. The lowest BCUT2D eigenvalue weighted by atomic mass is 10.1. The van der Waals surface area contributed by atoms with Gasteiger partial charge in [-0.05, 0) is 31.4 Å². The monoisotopic (exact) mass is 399 g/mol. The third kappa shape index (κ3) is 7.27. The Morgan fingerprint density at radius 3 is 2.36 bits per heavy atom. The summed E-state index contributed by atoms with van der Waals surface area (Å²) in [5.74, 6) is -0.664. The Balaban J connectivity index is 0.00000312. The molecule has 0 atom stereocenters. The Morgan fingerprint density at radius 1 is 1.12 bits per heavy atom. The fourth-order valence-corrected chi connectivity index (χ4v) is 2.54. The molecule has 2 rings (SSSR count). The van der Waals surface area contributed by atoms with Crippen LogP contribution < -0.4 is 15.4 Å². The lowest BCUT2D eigenvalue weighted by Gasteiger charge is -2.29. The summed E-state index contributed by atoms with van der Waals surface area (Å²) in [6.45, 7) is 1.47. The summed E-state index contributed by atoms with van der Waals surface area (Å²) >= 11 is 5.76. The Kier molecular flexibility index (Phi) is 7.62. The number of hydrogen-bond acceptors (Lipinski definition) is 3. The Bertz CT molecular complexity index is 621. The molecule has 0 radical (unpaired) electrons. The minimum absolute atomic E-state index is 0. The Hall–Kier alpha value is -1.87. The molecule has 1 heterocycles. The topological polar surface area (TPSA) is 84.2 Å². The molecule has 6 nitrogen and oxygen atoms in total. The van der Waals surface area contributed by atoms with Crippen molar-refractivity contribution >= 4 is 41.6 Å². The second-order valence-corrected chi connectivity index (χ2v) is 5.68. The fourth-order valence-electron chi connectivity index (χ4n) is 2.32. The van der Waals surface area contributed by atoms with Crippen LogP contribution in [-0.4, -0.2) is 36.3 Å². The molecule has 1 fully saturated rings. The van der Waals surface area contributed by atoms with Gasteiger partial charge in [0.2, 0.25) is 0 Å². The van der Waals surface area contributed by atoms with Gasteiger partial charge in [0, 0.05) is 29.9 Å². The van der Waals surface area contributed by atoms with Crippen LogP contribution >= 0.6 is 24.0 Å². The van der Waals surface area contributed by atoms with Gasteiger partial charge in [0.25, 0.3) is 0 Å². The number of hydrogen-bond donors (Lipinski definition) is 4. The number of nitrogens with zero attached hydrogens (tertiary/aromatic N) is 1. The van der Waals surface area contributed by atoms with E-state index in [4.69, 9.17) is 22.4 Å². The lowest BCUT2D eigenvalue weighted by Crippen LogP contribution is -2.47. The van der Waals surface area contributed by atoms with Gasteiger partial charge in [-0.15, -0.1) is 25.6 Å². The van der Waals surface area contributed by atoms with Crippen molar-refractivity contribution in [1.29, 1.82) is 10.8 Å². The summed E-state index contributed by atoms with van der Waals surface area (Å²) in [5, 5.41) is 20.9. The summed E-state index contributed by atoms with van der Waals surface area (Å²) < 4.78 is 40.6. The van der Waals surface area contributed by atoms with Gasteiger partial charge >= 0.3 is 6.36 Å². The van der Waals surface area contributed by atoms with Gasteiger partial charge in [-0.2, -0.15) is 0 Å². The van der Waals surface area contributed by atoms with Crippen LogP contribution in [0.25, 0.3) is 0 Å². The van der Waals surface area contributed by atoms with Gasteiger partial charge in [-0.25, -0.2) is 0 Å². The standard InChI is InChI=1S/C14H17ClF3N5O.ClH/c15-9-6-10(8-11(7-9)24-14(16,17)18)21-12(19)22-13(20)23-4-2-1-3-5-23;/h6-8H,1-5H2,(H4,19,20,21,22);1H. The zero-order valence-corrected chi connectivity index (χ0v) is 14.6. The molecule has 4 N–H and O–H groups in total. The number of likely N-dealkylation sites (tertiary alicyclic amines) is 1. The average Bonchev–Trinajstić information content (AvgIpc) is 2.45. The molecule has 0 unspecified atom stereocenters. The first kappa shape index (κ1) is 21.2. The van der Waals surface area contributed by atoms with Crippen molar-refractivity contribution in [3.05, 3.63) is 23.2 Å². The molecule has 1 aromatic carbocycles. The number of alkyl halides is 3. The molecule has 0 spiro atoms. The normalized spacial score (nSPS) is 14.3. The van der Waals surface area contributed by atoms with Crippen molar-refractivity contribution in [2.45, 2.75) is 25.6 Å². The van der Waals surface area contributed by atoms with Crippen LogP contribution in [0.15, 0.2) is 18.2 Å². The number of anilines is 1. The summed E-state index contributed by atoms with van der Waals surface area (Å²) in [4.78, 5) is 1.80. The zero-order valence-electron chi connectivity index (χ0n) is 13.0. The van der Waals surface area contributed by atoms with E-state index in [1.165, 1.54) is 6.07 Å². The second kappa shape index (κ2) is 9.00. The largest absolute Gasteiger partial charge is 0.573 e. The number of rotatable bonds is 2. The van der Waals surface area contributed by atoms with E-state index in [9.17, 15) is 13.2 Å². The SMILES string of the molecule is Cl.N=C(NC(=N)N1CCCCC1)Nc1cc(Cl)cc(OC(F)(F)F)c1. The highest BCUT2D eigenvalue weighted by Crippen LogP contribution is 2.29. The molecule has 25 heavy (non-hydrogen) atoms. The minimum atomic E-state index is -4.83. The smallest absolute Gasteiger partial charge is 0.406 e. The van der Waals surface area contributed by atoms with Crippen LogP contribution in [-0.2, 0) is 0 Å². The molecule has 0 aromatic heterocycles. The third-order valence-corrected chi connectivity index (χ3v) is 3.51. The van der Waals surface area contributed by atoms with Gasteiger partial charge in [0.1, 0.15) is 5.75 Å². The molecule has 1 saturated heterocycles. The van der Waals surface area contributed by atoms with E-state index < -0.39 is 12.1 Å². The maximum atomic E-state index is 12.3. The predicted molar refractivity (Wildman–Crippen MR) is 93.0 cm³/mol. The molecule has 0 aliphatic carbocycles. The molecule has 1 aliphatic heterocycles. The summed E-state index contributed by atoms with van der Waals surface area (Å²) in [7, 11) is 0. The van der Waals surface area contributed by atoms with E-state index in [0.29, 0.717) is 0 Å². The average molecular weight is 400 g/mol. The van der Waals surface area contributed by atoms with Crippen LogP contribution in [0.2, 0.25) is 5.02 Å². The maximum absolute atomic E-state index is 12.3. The predicted octanol–water partition coefficient (Wildman–Crippen LogP) is 4.02. The Morgan fingerprint density at radius 2 is 1.76 bits per heavy atom. The Labute approximate surface area is 154 Å². The van der Waals surface area contributed by atoms with Crippen LogP contribution in [0.5, 0.6) is 5.75 Å². The van der Waals surface area contributed by atoms with Crippen molar-refractivity contribution < 1.29 is 17.9 Å². The van der Waals surface area contributed by atoms with Crippen molar-refractivity contribution in [2.24, 2.45) is 0 Å². The van der Waals surface area contributed by atoms with Crippen LogP contribution in [0.4, 0.5) is 18.9 Å². The molecule has 0 bridgehead atoms. The third-order valence-electron chi connectivity index (χ3n) is 3.29. The fraction of sp³-hybridized carbons (Fsp3) is 0.429. The quantitative estimate of drug-likeness (QED) is 0.447.